The minimum atomic E-state index is -0.158. The highest BCUT2D eigenvalue weighted by atomic mass is 16.5. The first-order valence-corrected chi connectivity index (χ1v) is 5.11. The third kappa shape index (κ3) is 1.38. The number of carbonyl (C=O) groups is 2. The molecule has 2 rings (SSSR count). The van der Waals surface area contributed by atoms with Crippen LogP contribution in [-0.4, -0.2) is 36.5 Å². The van der Waals surface area contributed by atoms with Gasteiger partial charge in [0.25, 0.3) is 0 Å². The molecule has 2 aliphatic rings. The molecular weight excluding hydrogens is 182 g/mol. The number of methoxy groups -OCH3 is 1. The number of hydrogen-bond donors (Lipinski definition) is 0. The summed E-state index contributed by atoms with van der Waals surface area (Å²) in [7, 11) is 1.41. The molecule has 78 valence electrons. The number of esters is 1. The van der Waals surface area contributed by atoms with Crippen LogP contribution in [0.2, 0.25) is 0 Å². The first-order valence-electron chi connectivity index (χ1n) is 5.11. The highest BCUT2D eigenvalue weighted by Gasteiger charge is 2.42. The third-order valence-electron chi connectivity index (χ3n) is 3.26. The van der Waals surface area contributed by atoms with E-state index >= 15 is 0 Å². The quantitative estimate of drug-likeness (QED) is 0.577. The molecule has 0 bridgehead atoms. The Morgan fingerprint density at radius 1 is 1.50 bits per heavy atom. The smallest absolute Gasteiger partial charge is 0.310 e. The van der Waals surface area contributed by atoms with Crippen molar-refractivity contribution in [1.82, 2.24) is 4.90 Å². The zero-order valence-corrected chi connectivity index (χ0v) is 8.36. The molecule has 0 saturated carbocycles. The van der Waals surface area contributed by atoms with Gasteiger partial charge in [0.05, 0.1) is 13.0 Å². The van der Waals surface area contributed by atoms with E-state index in [1.165, 1.54) is 7.11 Å². The average Bonchev–Trinajstić information content (AvgIpc) is 2.59. The largest absolute Gasteiger partial charge is 0.469 e. The minimum Gasteiger partial charge on any atom is -0.469 e. The number of carbonyl (C=O) groups excluding carboxylic acids is 2. The second-order valence-electron chi connectivity index (χ2n) is 3.97. The standard InChI is InChI=1S/C10H15NO3/c1-14-10(13)7-3-2-6-11-8(7)4-5-9(11)12/h7-8H,2-6H2,1H3/t7-,8+/m1/s1. The minimum absolute atomic E-state index is 0.0831. The molecule has 0 aliphatic carbocycles. The van der Waals surface area contributed by atoms with Gasteiger partial charge in [-0.25, -0.2) is 0 Å². The lowest BCUT2D eigenvalue weighted by Crippen LogP contribution is -2.45. The van der Waals surface area contributed by atoms with Crippen molar-refractivity contribution in [2.24, 2.45) is 5.92 Å². The number of fused-ring (bicyclic) bond motifs is 1. The maximum atomic E-state index is 11.5. The summed E-state index contributed by atoms with van der Waals surface area (Å²) in [6.45, 7) is 0.816. The van der Waals surface area contributed by atoms with Crippen molar-refractivity contribution in [2.45, 2.75) is 31.7 Å². The summed E-state index contributed by atoms with van der Waals surface area (Å²) in [5, 5.41) is 0. The molecule has 2 aliphatic heterocycles. The van der Waals surface area contributed by atoms with E-state index in [1.807, 2.05) is 4.90 Å². The summed E-state index contributed by atoms with van der Waals surface area (Å²) >= 11 is 0. The van der Waals surface area contributed by atoms with Crippen LogP contribution in [0, 0.1) is 5.92 Å². The van der Waals surface area contributed by atoms with E-state index in [9.17, 15) is 9.59 Å². The number of amides is 1. The van der Waals surface area contributed by atoms with Gasteiger partial charge in [-0.3, -0.25) is 9.59 Å². The van der Waals surface area contributed by atoms with E-state index in [-0.39, 0.29) is 23.8 Å². The third-order valence-corrected chi connectivity index (χ3v) is 3.26. The van der Waals surface area contributed by atoms with E-state index in [2.05, 4.69) is 0 Å². The van der Waals surface area contributed by atoms with Gasteiger partial charge >= 0.3 is 5.97 Å². The lowest BCUT2D eigenvalue weighted by atomic mass is 9.89. The molecule has 4 heteroatoms. The van der Waals surface area contributed by atoms with Crippen LogP contribution in [0.1, 0.15) is 25.7 Å². The molecule has 0 radical (unpaired) electrons. The summed E-state index contributed by atoms with van der Waals surface area (Å²) in [6.07, 6.45) is 3.19. The molecule has 2 saturated heterocycles. The normalized spacial score (nSPS) is 31.5. The SMILES string of the molecule is COC(=O)[C@@H]1CCCN2C(=O)CC[C@@H]12. The molecular formula is C10H15NO3. The first kappa shape index (κ1) is 9.49. The number of nitrogens with zero attached hydrogens (tertiary/aromatic N) is 1. The van der Waals surface area contributed by atoms with Gasteiger partial charge in [0.15, 0.2) is 0 Å². The Morgan fingerprint density at radius 3 is 3.00 bits per heavy atom. The van der Waals surface area contributed by atoms with Crippen molar-refractivity contribution in [3.63, 3.8) is 0 Å². The van der Waals surface area contributed by atoms with Gasteiger partial charge in [-0.05, 0) is 19.3 Å². The van der Waals surface area contributed by atoms with E-state index in [1.54, 1.807) is 0 Å². The molecule has 0 spiro atoms. The predicted molar refractivity (Wildman–Crippen MR) is 49.5 cm³/mol. The van der Waals surface area contributed by atoms with Crippen LogP contribution >= 0.6 is 0 Å². The van der Waals surface area contributed by atoms with Crippen molar-refractivity contribution < 1.29 is 14.3 Å². The molecule has 1 amide bonds. The van der Waals surface area contributed by atoms with Crippen molar-refractivity contribution in [1.29, 1.82) is 0 Å². The first-order chi connectivity index (χ1) is 6.74. The van der Waals surface area contributed by atoms with Crippen LogP contribution in [0.4, 0.5) is 0 Å². The number of rotatable bonds is 1. The van der Waals surface area contributed by atoms with Gasteiger partial charge in [0, 0.05) is 19.0 Å². The molecule has 14 heavy (non-hydrogen) atoms. The summed E-state index contributed by atoms with van der Waals surface area (Å²) in [5.41, 5.74) is 0. The Hall–Kier alpha value is -1.06. The molecule has 2 atom stereocenters. The zero-order valence-electron chi connectivity index (χ0n) is 8.36. The highest BCUT2D eigenvalue weighted by molar-refractivity contribution is 5.81. The Kier molecular flexibility index (Phi) is 2.44. The lowest BCUT2D eigenvalue weighted by Gasteiger charge is -2.34. The van der Waals surface area contributed by atoms with E-state index in [4.69, 9.17) is 4.74 Å². The summed E-state index contributed by atoms with van der Waals surface area (Å²) < 4.78 is 4.76. The number of hydrogen-bond acceptors (Lipinski definition) is 3. The monoisotopic (exact) mass is 197 g/mol. The van der Waals surface area contributed by atoms with E-state index in [0.29, 0.717) is 6.42 Å². The van der Waals surface area contributed by atoms with Gasteiger partial charge in [-0.1, -0.05) is 0 Å². The number of ether oxygens (including phenoxy) is 1. The van der Waals surface area contributed by atoms with Gasteiger partial charge in [0.1, 0.15) is 0 Å². The molecule has 0 aromatic rings. The number of piperidine rings is 1. The fourth-order valence-corrected chi connectivity index (χ4v) is 2.56. The molecule has 0 unspecified atom stereocenters. The highest BCUT2D eigenvalue weighted by Crippen LogP contribution is 2.32. The van der Waals surface area contributed by atoms with Crippen molar-refractivity contribution in [3.8, 4) is 0 Å². The fraction of sp³-hybridized carbons (Fsp3) is 0.800. The molecule has 2 heterocycles. The molecule has 4 nitrogen and oxygen atoms in total. The maximum Gasteiger partial charge on any atom is 0.310 e. The topological polar surface area (TPSA) is 46.6 Å². The average molecular weight is 197 g/mol. The summed E-state index contributed by atoms with van der Waals surface area (Å²) in [4.78, 5) is 24.7. The second-order valence-corrected chi connectivity index (χ2v) is 3.97. The van der Waals surface area contributed by atoms with Gasteiger partial charge in [0.2, 0.25) is 5.91 Å². The Balaban J connectivity index is 2.12. The van der Waals surface area contributed by atoms with Crippen molar-refractivity contribution in [2.75, 3.05) is 13.7 Å². The second kappa shape index (κ2) is 3.59. The van der Waals surface area contributed by atoms with Crippen LogP contribution in [0.15, 0.2) is 0 Å². The van der Waals surface area contributed by atoms with Crippen LogP contribution in [0.3, 0.4) is 0 Å². The maximum absolute atomic E-state index is 11.5. The Morgan fingerprint density at radius 2 is 2.29 bits per heavy atom. The van der Waals surface area contributed by atoms with Crippen LogP contribution in [0.5, 0.6) is 0 Å². The molecule has 0 aromatic heterocycles. The summed E-state index contributed by atoms with van der Waals surface area (Å²) in [6, 6.07) is 0.115. The Labute approximate surface area is 83.2 Å². The zero-order chi connectivity index (χ0) is 10.1. The van der Waals surface area contributed by atoms with Crippen LogP contribution in [-0.2, 0) is 14.3 Å². The van der Waals surface area contributed by atoms with Crippen molar-refractivity contribution in [3.05, 3.63) is 0 Å². The van der Waals surface area contributed by atoms with Gasteiger partial charge in [-0.15, -0.1) is 0 Å². The van der Waals surface area contributed by atoms with Crippen LogP contribution in [0.25, 0.3) is 0 Å². The Bertz CT molecular complexity index is 264. The predicted octanol–water partition coefficient (Wildman–Crippen LogP) is 0.560. The van der Waals surface area contributed by atoms with Crippen LogP contribution < -0.4 is 0 Å². The fourth-order valence-electron chi connectivity index (χ4n) is 2.56. The van der Waals surface area contributed by atoms with Gasteiger partial charge < -0.3 is 9.64 Å². The van der Waals surface area contributed by atoms with Crippen molar-refractivity contribution >= 4 is 11.9 Å². The lowest BCUT2D eigenvalue weighted by molar-refractivity contribution is -0.150. The molecule has 0 N–H and O–H groups in total. The molecule has 2 fully saturated rings. The van der Waals surface area contributed by atoms with E-state index in [0.717, 1.165) is 25.8 Å². The molecule has 0 aromatic carbocycles. The van der Waals surface area contributed by atoms with E-state index < -0.39 is 0 Å². The summed E-state index contributed by atoms with van der Waals surface area (Å²) in [5.74, 6) is -0.0433. The van der Waals surface area contributed by atoms with Gasteiger partial charge in [-0.2, -0.15) is 0 Å².